The lowest BCUT2D eigenvalue weighted by molar-refractivity contribution is 0.484. The smallest absolute Gasteiger partial charge is 0.138 e. The van der Waals surface area contributed by atoms with Gasteiger partial charge in [-0.25, -0.2) is 9.97 Å². The highest BCUT2D eigenvalue weighted by atomic mass is 35.5. The van der Waals surface area contributed by atoms with Crippen LogP contribution in [0, 0.1) is 5.41 Å². The van der Waals surface area contributed by atoms with Crippen LogP contribution < -0.4 is 5.32 Å². The van der Waals surface area contributed by atoms with Crippen molar-refractivity contribution in [1.82, 2.24) is 9.97 Å². The number of hydrogen-bond acceptors (Lipinski definition) is 3. The van der Waals surface area contributed by atoms with Crippen molar-refractivity contribution >= 4 is 17.4 Å². The molecule has 2 rings (SSSR count). The number of hydrogen-bond donors (Lipinski definition) is 1. The van der Waals surface area contributed by atoms with E-state index in [1.807, 2.05) is 0 Å². The molecule has 0 saturated heterocycles. The van der Waals surface area contributed by atoms with Gasteiger partial charge < -0.3 is 5.32 Å². The Balaban J connectivity index is 2.07. The van der Waals surface area contributed by atoms with Crippen molar-refractivity contribution in [3.05, 3.63) is 17.0 Å². The summed E-state index contributed by atoms with van der Waals surface area (Å²) in [5.41, 5.74) is 1.55. The summed E-state index contributed by atoms with van der Waals surface area (Å²) in [7, 11) is 0. The van der Waals surface area contributed by atoms with E-state index < -0.39 is 0 Å². The van der Waals surface area contributed by atoms with Gasteiger partial charge in [-0.15, -0.1) is 0 Å². The lowest BCUT2D eigenvalue weighted by Crippen LogP contribution is -2.17. The predicted molar refractivity (Wildman–Crippen MR) is 76.2 cm³/mol. The maximum Gasteiger partial charge on any atom is 0.138 e. The first-order valence-electron chi connectivity index (χ1n) is 6.82. The number of rotatable bonds is 6. The molecule has 100 valence electrons. The average molecular weight is 268 g/mol. The maximum absolute atomic E-state index is 6.16. The molecule has 0 atom stereocenters. The van der Waals surface area contributed by atoms with E-state index in [0.717, 1.165) is 17.9 Å². The fourth-order valence-electron chi connectivity index (χ4n) is 2.52. The van der Waals surface area contributed by atoms with Crippen molar-refractivity contribution in [2.45, 2.75) is 52.4 Å². The van der Waals surface area contributed by atoms with Gasteiger partial charge in [0.05, 0.1) is 0 Å². The average Bonchev–Trinajstić information content (AvgIpc) is 3.07. The van der Waals surface area contributed by atoms with E-state index in [0.29, 0.717) is 16.5 Å². The molecule has 1 aromatic heterocycles. The highest BCUT2D eigenvalue weighted by Crippen LogP contribution is 2.49. The molecule has 1 saturated carbocycles. The van der Waals surface area contributed by atoms with Crippen molar-refractivity contribution in [2.24, 2.45) is 5.41 Å². The summed E-state index contributed by atoms with van der Waals surface area (Å²) in [4.78, 5) is 8.42. The standard InChI is InChI=1S/C14H22ClN3/c1-4-5-14(6-7-14)8-16-13-11(10(2)3)12(15)17-9-18-13/h9-10H,4-8H2,1-3H3,(H,16,17,18). The Morgan fingerprint density at radius 2 is 2.11 bits per heavy atom. The van der Waals surface area contributed by atoms with Crippen LogP contribution in [0.15, 0.2) is 6.33 Å². The minimum absolute atomic E-state index is 0.336. The molecule has 0 aromatic carbocycles. The zero-order chi connectivity index (χ0) is 13.2. The molecule has 4 heteroatoms. The van der Waals surface area contributed by atoms with Gasteiger partial charge in [-0.2, -0.15) is 0 Å². The number of nitrogens with one attached hydrogen (secondary N) is 1. The number of anilines is 1. The van der Waals surface area contributed by atoms with E-state index in [1.165, 1.54) is 32.0 Å². The van der Waals surface area contributed by atoms with Gasteiger partial charge in [0.2, 0.25) is 0 Å². The van der Waals surface area contributed by atoms with Gasteiger partial charge >= 0.3 is 0 Å². The summed E-state index contributed by atoms with van der Waals surface area (Å²) < 4.78 is 0. The minimum atomic E-state index is 0.336. The third-order valence-corrected chi connectivity index (χ3v) is 4.08. The second kappa shape index (κ2) is 5.43. The van der Waals surface area contributed by atoms with Gasteiger partial charge in [-0.05, 0) is 30.6 Å². The highest BCUT2D eigenvalue weighted by Gasteiger charge is 2.41. The molecule has 1 heterocycles. The van der Waals surface area contributed by atoms with E-state index in [2.05, 4.69) is 36.1 Å². The van der Waals surface area contributed by atoms with Crippen LogP contribution in [0.1, 0.15) is 57.9 Å². The Hall–Kier alpha value is -0.830. The van der Waals surface area contributed by atoms with Crippen LogP contribution in [-0.4, -0.2) is 16.5 Å². The molecule has 1 aliphatic carbocycles. The molecule has 1 aromatic rings. The Morgan fingerprint density at radius 1 is 1.39 bits per heavy atom. The fraction of sp³-hybridized carbons (Fsp3) is 0.714. The quantitative estimate of drug-likeness (QED) is 0.783. The van der Waals surface area contributed by atoms with Gasteiger partial charge in [0, 0.05) is 12.1 Å². The molecule has 0 unspecified atom stereocenters. The van der Waals surface area contributed by atoms with Crippen molar-refractivity contribution in [2.75, 3.05) is 11.9 Å². The monoisotopic (exact) mass is 267 g/mol. The van der Waals surface area contributed by atoms with Crippen LogP contribution in [0.3, 0.4) is 0 Å². The maximum atomic E-state index is 6.16. The van der Waals surface area contributed by atoms with Crippen LogP contribution in [0.5, 0.6) is 0 Å². The van der Waals surface area contributed by atoms with E-state index in [-0.39, 0.29) is 0 Å². The summed E-state index contributed by atoms with van der Waals surface area (Å²) in [6.07, 6.45) is 6.77. The summed E-state index contributed by atoms with van der Waals surface area (Å²) in [6, 6.07) is 0. The Morgan fingerprint density at radius 3 is 2.67 bits per heavy atom. The fourth-order valence-corrected chi connectivity index (χ4v) is 2.87. The molecule has 1 aliphatic rings. The Kier molecular flexibility index (Phi) is 4.10. The van der Waals surface area contributed by atoms with E-state index >= 15 is 0 Å². The summed E-state index contributed by atoms with van der Waals surface area (Å²) in [5.74, 6) is 1.25. The number of halogens is 1. The van der Waals surface area contributed by atoms with Crippen LogP contribution in [0.4, 0.5) is 5.82 Å². The first-order chi connectivity index (χ1) is 8.58. The number of aromatic nitrogens is 2. The number of nitrogens with zero attached hydrogens (tertiary/aromatic N) is 2. The second-order valence-corrected chi connectivity index (χ2v) is 6.04. The van der Waals surface area contributed by atoms with Crippen molar-refractivity contribution in [1.29, 1.82) is 0 Å². The topological polar surface area (TPSA) is 37.8 Å². The Bertz CT molecular complexity index is 414. The third kappa shape index (κ3) is 2.94. The normalized spacial score (nSPS) is 16.9. The molecule has 3 nitrogen and oxygen atoms in total. The van der Waals surface area contributed by atoms with Crippen LogP contribution in [-0.2, 0) is 0 Å². The molecular formula is C14H22ClN3. The summed E-state index contributed by atoms with van der Waals surface area (Å²) >= 11 is 6.16. The SMILES string of the molecule is CCCC1(CNc2ncnc(Cl)c2C(C)C)CC1. The lowest BCUT2D eigenvalue weighted by Gasteiger charge is -2.18. The largest absolute Gasteiger partial charge is 0.369 e. The lowest BCUT2D eigenvalue weighted by atomic mass is 10.0. The second-order valence-electron chi connectivity index (χ2n) is 5.69. The molecule has 0 aliphatic heterocycles. The Labute approximate surface area is 114 Å². The predicted octanol–water partition coefficient (Wildman–Crippen LogP) is 4.25. The molecule has 1 N–H and O–H groups in total. The van der Waals surface area contributed by atoms with Crippen LogP contribution >= 0.6 is 11.6 Å². The van der Waals surface area contributed by atoms with Gasteiger partial charge in [-0.1, -0.05) is 38.8 Å². The molecule has 0 bridgehead atoms. The highest BCUT2D eigenvalue weighted by molar-refractivity contribution is 6.30. The van der Waals surface area contributed by atoms with Crippen molar-refractivity contribution < 1.29 is 0 Å². The minimum Gasteiger partial charge on any atom is -0.369 e. The molecular weight excluding hydrogens is 246 g/mol. The van der Waals surface area contributed by atoms with Crippen LogP contribution in [0.2, 0.25) is 5.15 Å². The van der Waals surface area contributed by atoms with E-state index in [9.17, 15) is 0 Å². The van der Waals surface area contributed by atoms with Gasteiger partial charge in [0.1, 0.15) is 17.3 Å². The van der Waals surface area contributed by atoms with Gasteiger partial charge in [-0.3, -0.25) is 0 Å². The molecule has 18 heavy (non-hydrogen) atoms. The molecule has 0 radical (unpaired) electrons. The van der Waals surface area contributed by atoms with Crippen molar-refractivity contribution in [3.8, 4) is 0 Å². The third-order valence-electron chi connectivity index (χ3n) is 3.78. The van der Waals surface area contributed by atoms with Gasteiger partial charge in [0.25, 0.3) is 0 Å². The van der Waals surface area contributed by atoms with Crippen LogP contribution in [0.25, 0.3) is 0 Å². The first-order valence-corrected chi connectivity index (χ1v) is 7.20. The zero-order valence-corrected chi connectivity index (χ0v) is 12.2. The summed E-state index contributed by atoms with van der Waals surface area (Å²) in [6.45, 7) is 7.50. The van der Waals surface area contributed by atoms with Gasteiger partial charge in [0.15, 0.2) is 0 Å². The summed E-state index contributed by atoms with van der Waals surface area (Å²) in [5, 5.41) is 4.06. The van der Waals surface area contributed by atoms with Crippen molar-refractivity contribution in [3.63, 3.8) is 0 Å². The first kappa shape index (κ1) is 13.6. The van der Waals surface area contributed by atoms with E-state index in [1.54, 1.807) is 0 Å². The molecule has 1 fully saturated rings. The molecule has 0 spiro atoms. The van der Waals surface area contributed by atoms with E-state index in [4.69, 9.17) is 11.6 Å². The zero-order valence-electron chi connectivity index (χ0n) is 11.5. The molecule has 0 amide bonds.